The molecule has 0 bridgehead atoms. The van der Waals surface area contributed by atoms with Crippen LogP contribution in [0.2, 0.25) is 0 Å². The number of hydrogen-bond acceptors (Lipinski definition) is 5. The molecule has 1 aromatic heterocycles. The summed E-state index contributed by atoms with van der Waals surface area (Å²) in [4.78, 5) is 36.7. The lowest BCUT2D eigenvalue weighted by Gasteiger charge is -2.17. The van der Waals surface area contributed by atoms with Crippen LogP contribution in [0.5, 0.6) is 0 Å². The molecule has 0 saturated heterocycles. The van der Waals surface area contributed by atoms with Crippen molar-refractivity contribution in [2.45, 2.75) is 44.9 Å². The third-order valence-corrected chi connectivity index (χ3v) is 6.94. The van der Waals surface area contributed by atoms with Crippen LogP contribution in [-0.4, -0.2) is 55.0 Å². The first-order valence-electron chi connectivity index (χ1n) is 14.0. The molecule has 0 spiro atoms. The summed E-state index contributed by atoms with van der Waals surface area (Å²) in [7, 11) is 0. The van der Waals surface area contributed by atoms with Crippen LogP contribution < -0.4 is 5.32 Å². The largest absolute Gasteiger partial charge is 0.481 e. The minimum atomic E-state index is -1.27. The van der Waals surface area contributed by atoms with Crippen LogP contribution in [0, 0.1) is 5.82 Å². The van der Waals surface area contributed by atoms with Crippen LogP contribution in [0.3, 0.4) is 0 Å². The number of aliphatic hydroxyl groups excluding tert-OH is 2. The molecule has 5 N–H and O–H groups in total. The molecule has 4 rings (SSSR count). The number of halogens is 1. The number of aromatic nitrogens is 1. The Balaban J connectivity index is 1.96. The van der Waals surface area contributed by atoms with Gasteiger partial charge in [-0.25, -0.2) is 9.18 Å². The van der Waals surface area contributed by atoms with E-state index in [1.165, 1.54) is 36.4 Å². The summed E-state index contributed by atoms with van der Waals surface area (Å²) in [6.45, 7) is 3.74. The number of carbonyl (C=O) groups is 3. The maximum absolute atomic E-state index is 14.2. The molecule has 2 atom stereocenters. The summed E-state index contributed by atoms with van der Waals surface area (Å²) in [5.74, 6) is -3.32. The number of aromatic carboxylic acids is 1. The van der Waals surface area contributed by atoms with Gasteiger partial charge in [-0.15, -0.1) is 0 Å². The zero-order valence-corrected chi connectivity index (χ0v) is 24.1. The van der Waals surface area contributed by atoms with E-state index in [-0.39, 0.29) is 29.4 Å². The van der Waals surface area contributed by atoms with E-state index in [1.807, 2.05) is 44.2 Å². The van der Waals surface area contributed by atoms with Gasteiger partial charge in [0.2, 0.25) is 0 Å². The maximum atomic E-state index is 14.2. The first-order chi connectivity index (χ1) is 21.0. The fraction of sp³-hybridized carbons (Fsp3) is 0.206. The Morgan fingerprint density at radius 2 is 1.55 bits per heavy atom. The zero-order valence-electron chi connectivity index (χ0n) is 24.1. The van der Waals surface area contributed by atoms with E-state index in [2.05, 4.69) is 5.32 Å². The summed E-state index contributed by atoms with van der Waals surface area (Å²) in [5.41, 5.74) is 3.39. The van der Waals surface area contributed by atoms with E-state index in [0.717, 1.165) is 0 Å². The van der Waals surface area contributed by atoms with Crippen molar-refractivity contribution >= 4 is 29.6 Å². The van der Waals surface area contributed by atoms with Gasteiger partial charge in [0.05, 0.1) is 24.2 Å². The predicted molar refractivity (Wildman–Crippen MR) is 165 cm³/mol. The molecule has 2 unspecified atom stereocenters. The van der Waals surface area contributed by atoms with Gasteiger partial charge in [0, 0.05) is 35.0 Å². The monoisotopic (exact) mass is 600 g/mol. The van der Waals surface area contributed by atoms with Crippen LogP contribution in [0.25, 0.3) is 28.3 Å². The quantitative estimate of drug-likeness (QED) is 0.132. The molecule has 0 fully saturated rings. The number of aliphatic hydroxyl groups is 2. The van der Waals surface area contributed by atoms with Crippen molar-refractivity contribution in [1.82, 2.24) is 4.57 Å². The van der Waals surface area contributed by atoms with Crippen molar-refractivity contribution in [1.29, 1.82) is 0 Å². The number of nitrogens with one attached hydrogen (secondary N) is 1. The Morgan fingerprint density at radius 1 is 0.886 bits per heavy atom. The second-order valence-corrected chi connectivity index (χ2v) is 10.6. The van der Waals surface area contributed by atoms with E-state index in [1.54, 1.807) is 28.8 Å². The molecular weight excluding hydrogens is 567 g/mol. The minimum Gasteiger partial charge on any atom is -0.481 e. The summed E-state index contributed by atoms with van der Waals surface area (Å²) in [6, 6.07) is 20.5. The maximum Gasteiger partial charge on any atom is 0.335 e. The number of carboxylic acid groups (broad SMARTS) is 2. The van der Waals surface area contributed by atoms with Gasteiger partial charge in [-0.2, -0.15) is 0 Å². The second-order valence-electron chi connectivity index (χ2n) is 10.6. The smallest absolute Gasteiger partial charge is 0.335 e. The topological polar surface area (TPSA) is 149 Å². The molecule has 9 nitrogen and oxygen atoms in total. The highest BCUT2D eigenvalue weighted by molar-refractivity contribution is 6.12. The number of aliphatic carboxylic acids is 1. The molecule has 0 aliphatic rings. The number of nitrogens with zero attached hydrogens (tertiary/aromatic N) is 1. The Morgan fingerprint density at radius 3 is 2.16 bits per heavy atom. The standard InChI is InChI=1S/C34H33FN2O7/c1-20(2)37-28(16-15-26(38)18-27(39)19-29(40)41)30(22-11-13-24(35)14-12-22)31(21-7-4-3-5-8-21)32(37)33(42)36-25-10-6-9-23(17-25)34(43)44/h3-17,20,26-27,38-39H,18-19H2,1-2H3,(H,36,42)(H,40,41)(H,43,44)/b16-15+. The van der Waals surface area contributed by atoms with E-state index < -0.39 is 42.3 Å². The molecule has 0 saturated carbocycles. The number of carboxylic acids is 2. The number of anilines is 1. The molecule has 10 heteroatoms. The van der Waals surface area contributed by atoms with Crippen LogP contribution >= 0.6 is 0 Å². The summed E-state index contributed by atoms with van der Waals surface area (Å²) in [5, 5.41) is 41.9. The predicted octanol–water partition coefficient (Wildman–Crippen LogP) is 6.09. The lowest BCUT2D eigenvalue weighted by Crippen LogP contribution is -2.20. The highest BCUT2D eigenvalue weighted by atomic mass is 19.1. The zero-order chi connectivity index (χ0) is 32.0. The third-order valence-electron chi connectivity index (χ3n) is 6.94. The van der Waals surface area contributed by atoms with Crippen molar-refractivity contribution in [2.24, 2.45) is 0 Å². The Kier molecular flexibility index (Phi) is 10.1. The lowest BCUT2D eigenvalue weighted by atomic mass is 9.94. The van der Waals surface area contributed by atoms with Gasteiger partial charge in [0.1, 0.15) is 11.5 Å². The number of rotatable bonds is 12. The first-order valence-corrected chi connectivity index (χ1v) is 14.0. The molecule has 3 aromatic carbocycles. The van der Waals surface area contributed by atoms with Gasteiger partial charge in [-0.05, 0) is 61.4 Å². The summed E-state index contributed by atoms with van der Waals surface area (Å²) >= 11 is 0. The van der Waals surface area contributed by atoms with Gasteiger partial charge in [-0.1, -0.05) is 54.6 Å². The van der Waals surface area contributed by atoms with E-state index in [9.17, 15) is 34.1 Å². The van der Waals surface area contributed by atoms with Crippen molar-refractivity contribution < 1.29 is 39.2 Å². The van der Waals surface area contributed by atoms with Crippen LogP contribution in [0.4, 0.5) is 10.1 Å². The van der Waals surface area contributed by atoms with E-state index in [0.29, 0.717) is 27.9 Å². The summed E-state index contributed by atoms with van der Waals surface area (Å²) < 4.78 is 15.8. The first kappa shape index (κ1) is 31.9. The molecule has 0 radical (unpaired) electrons. The van der Waals surface area contributed by atoms with Gasteiger partial charge >= 0.3 is 11.9 Å². The molecule has 44 heavy (non-hydrogen) atoms. The van der Waals surface area contributed by atoms with Crippen LogP contribution in [0.15, 0.2) is 84.9 Å². The average Bonchev–Trinajstić information content (AvgIpc) is 3.32. The van der Waals surface area contributed by atoms with E-state index >= 15 is 0 Å². The fourth-order valence-corrected chi connectivity index (χ4v) is 5.09. The van der Waals surface area contributed by atoms with Crippen LogP contribution in [0.1, 0.15) is 59.3 Å². The molecule has 4 aromatic rings. The second kappa shape index (κ2) is 13.9. The van der Waals surface area contributed by atoms with E-state index in [4.69, 9.17) is 5.11 Å². The number of amides is 1. The Bertz CT molecular complexity index is 1680. The minimum absolute atomic E-state index is 0.0000202. The SMILES string of the molecule is CC(C)n1c(/C=C/C(O)CC(O)CC(=O)O)c(-c2ccc(F)cc2)c(-c2ccccc2)c1C(=O)Nc1cccc(C(=O)O)c1. The van der Waals surface area contributed by atoms with Gasteiger partial charge in [0.15, 0.2) is 0 Å². The van der Waals surface area contributed by atoms with Crippen molar-refractivity contribution in [3.05, 3.63) is 108 Å². The fourth-order valence-electron chi connectivity index (χ4n) is 5.09. The summed E-state index contributed by atoms with van der Waals surface area (Å²) in [6.07, 6.45) is -0.222. The van der Waals surface area contributed by atoms with Crippen molar-refractivity contribution in [3.63, 3.8) is 0 Å². The van der Waals surface area contributed by atoms with Crippen molar-refractivity contribution in [3.8, 4) is 22.3 Å². The highest BCUT2D eigenvalue weighted by Gasteiger charge is 2.29. The Hall–Kier alpha value is -5.06. The number of hydrogen-bond donors (Lipinski definition) is 5. The average molecular weight is 601 g/mol. The molecular formula is C34H33FN2O7. The van der Waals surface area contributed by atoms with Crippen LogP contribution in [-0.2, 0) is 4.79 Å². The number of carbonyl (C=O) groups excluding carboxylic acids is 1. The normalized spacial score (nSPS) is 12.8. The van der Waals surface area contributed by atoms with Gasteiger partial charge < -0.3 is 30.3 Å². The van der Waals surface area contributed by atoms with Gasteiger partial charge in [0.25, 0.3) is 5.91 Å². The molecule has 1 amide bonds. The Labute approximate surface area is 253 Å². The van der Waals surface area contributed by atoms with Crippen molar-refractivity contribution in [2.75, 3.05) is 5.32 Å². The molecule has 0 aliphatic carbocycles. The lowest BCUT2D eigenvalue weighted by molar-refractivity contribution is -0.139. The third kappa shape index (κ3) is 7.47. The molecule has 228 valence electrons. The highest BCUT2D eigenvalue weighted by Crippen LogP contribution is 2.43. The molecule has 0 aliphatic heterocycles. The molecule has 1 heterocycles. The number of benzene rings is 3. The van der Waals surface area contributed by atoms with Gasteiger partial charge in [-0.3, -0.25) is 9.59 Å².